The average Bonchev–Trinajstić information content (AvgIpc) is 2.46. The van der Waals surface area contributed by atoms with Crippen molar-refractivity contribution in [3.63, 3.8) is 0 Å². The van der Waals surface area contributed by atoms with Gasteiger partial charge in [-0.05, 0) is 36.4 Å². The molecule has 0 aliphatic heterocycles. The molecular formula is C17H17F3N2O. The number of hydrogen-bond acceptors (Lipinski definition) is 2. The summed E-state index contributed by atoms with van der Waals surface area (Å²) in [5.74, 6) is -0.419. The molecular weight excluding hydrogens is 305 g/mol. The summed E-state index contributed by atoms with van der Waals surface area (Å²) in [5, 5.41) is 2.55. The van der Waals surface area contributed by atoms with Crippen LogP contribution in [0.2, 0.25) is 0 Å². The third-order valence-electron chi connectivity index (χ3n) is 3.26. The largest absolute Gasteiger partial charge is 0.416 e. The van der Waals surface area contributed by atoms with Crippen molar-refractivity contribution in [2.45, 2.75) is 32.4 Å². The van der Waals surface area contributed by atoms with E-state index in [9.17, 15) is 18.0 Å². The van der Waals surface area contributed by atoms with Crippen molar-refractivity contribution in [1.29, 1.82) is 0 Å². The lowest BCUT2D eigenvalue weighted by molar-refractivity contribution is -0.137. The molecule has 2 aromatic rings. The molecule has 1 N–H and O–H groups in total. The molecule has 3 nitrogen and oxygen atoms in total. The first-order valence-corrected chi connectivity index (χ1v) is 7.02. The number of hydrogen-bond donors (Lipinski definition) is 1. The summed E-state index contributed by atoms with van der Waals surface area (Å²) >= 11 is 0. The van der Waals surface area contributed by atoms with Gasteiger partial charge in [-0.2, -0.15) is 13.2 Å². The molecule has 0 unspecified atom stereocenters. The third kappa shape index (κ3) is 4.31. The summed E-state index contributed by atoms with van der Waals surface area (Å²) in [6, 6.07) is 7.71. The Labute approximate surface area is 132 Å². The van der Waals surface area contributed by atoms with Crippen LogP contribution in [0.3, 0.4) is 0 Å². The number of alkyl halides is 3. The van der Waals surface area contributed by atoms with Gasteiger partial charge in [0, 0.05) is 23.0 Å². The number of amides is 1. The summed E-state index contributed by atoms with van der Waals surface area (Å²) in [4.78, 5) is 16.3. The minimum Gasteiger partial charge on any atom is -0.322 e. The van der Waals surface area contributed by atoms with Gasteiger partial charge >= 0.3 is 6.18 Å². The number of rotatable bonds is 2. The minimum atomic E-state index is -4.39. The highest BCUT2D eigenvalue weighted by molar-refractivity contribution is 6.04. The van der Waals surface area contributed by atoms with Crippen LogP contribution in [0.1, 0.15) is 42.4 Å². The summed E-state index contributed by atoms with van der Waals surface area (Å²) in [7, 11) is 0. The van der Waals surface area contributed by atoms with Crippen LogP contribution in [-0.4, -0.2) is 10.9 Å². The molecule has 1 heterocycles. The van der Waals surface area contributed by atoms with Crippen molar-refractivity contribution in [3.8, 4) is 0 Å². The van der Waals surface area contributed by atoms with Gasteiger partial charge < -0.3 is 5.32 Å². The van der Waals surface area contributed by atoms with E-state index in [-0.39, 0.29) is 5.41 Å². The van der Waals surface area contributed by atoms with E-state index in [4.69, 9.17) is 0 Å². The van der Waals surface area contributed by atoms with Gasteiger partial charge in [-0.15, -0.1) is 0 Å². The molecule has 1 aromatic heterocycles. The molecule has 0 aliphatic carbocycles. The van der Waals surface area contributed by atoms with Gasteiger partial charge in [0.05, 0.1) is 11.1 Å². The highest BCUT2D eigenvalue weighted by atomic mass is 19.4. The number of anilines is 1. The predicted molar refractivity (Wildman–Crippen MR) is 82.3 cm³/mol. The van der Waals surface area contributed by atoms with E-state index >= 15 is 0 Å². The van der Waals surface area contributed by atoms with E-state index in [0.29, 0.717) is 11.3 Å². The summed E-state index contributed by atoms with van der Waals surface area (Å²) in [6.07, 6.45) is -2.94. The minimum absolute atomic E-state index is 0.123. The Kier molecular flexibility index (Phi) is 4.45. The number of pyridine rings is 1. The second-order valence-electron chi connectivity index (χ2n) is 6.21. The zero-order valence-corrected chi connectivity index (χ0v) is 13.0. The Morgan fingerprint density at radius 2 is 1.61 bits per heavy atom. The smallest absolute Gasteiger partial charge is 0.322 e. The van der Waals surface area contributed by atoms with Crippen LogP contribution in [-0.2, 0) is 11.6 Å². The highest BCUT2D eigenvalue weighted by Gasteiger charge is 2.30. The van der Waals surface area contributed by atoms with Crippen LogP contribution in [0.5, 0.6) is 0 Å². The van der Waals surface area contributed by atoms with Gasteiger partial charge in [0.25, 0.3) is 5.91 Å². The quantitative estimate of drug-likeness (QED) is 0.874. The average molecular weight is 322 g/mol. The van der Waals surface area contributed by atoms with Crippen molar-refractivity contribution in [2.24, 2.45) is 0 Å². The van der Waals surface area contributed by atoms with Crippen LogP contribution in [0, 0.1) is 0 Å². The van der Waals surface area contributed by atoms with E-state index < -0.39 is 17.6 Å². The number of aromatic nitrogens is 1. The molecule has 0 atom stereocenters. The molecule has 1 amide bonds. The van der Waals surface area contributed by atoms with Crippen molar-refractivity contribution >= 4 is 11.6 Å². The molecule has 0 saturated heterocycles. The summed E-state index contributed by atoms with van der Waals surface area (Å²) in [5.41, 5.74) is 0.610. The lowest BCUT2D eigenvalue weighted by Crippen LogP contribution is -2.16. The Morgan fingerprint density at radius 1 is 1.00 bits per heavy atom. The predicted octanol–water partition coefficient (Wildman–Crippen LogP) is 4.65. The van der Waals surface area contributed by atoms with E-state index in [1.54, 1.807) is 12.1 Å². The van der Waals surface area contributed by atoms with Crippen molar-refractivity contribution in [3.05, 3.63) is 59.4 Å². The number of nitrogens with one attached hydrogen (secondary N) is 1. The third-order valence-corrected chi connectivity index (χ3v) is 3.26. The summed E-state index contributed by atoms with van der Waals surface area (Å²) in [6.45, 7) is 6.03. The zero-order chi connectivity index (χ0) is 17.3. The fraction of sp³-hybridized carbons (Fsp3) is 0.294. The maximum absolute atomic E-state index is 12.5. The first kappa shape index (κ1) is 17.0. The molecule has 0 aliphatic rings. The summed E-state index contributed by atoms with van der Waals surface area (Å²) < 4.78 is 37.5. The van der Waals surface area contributed by atoms with Crippen LogP contribution in [0.25, 0.3) is 0 Å². The van der Waals surface area contributed by atoms with Gasteiger partial charge in [-0.1, -0.05) is 20.8 Å². The number of halogens is 3. The Hall–Kier alpha value is -2.37. The fourth-order valence-corrected chi connectivity index (χ4v) is 1.92. The molecule has 122 valence electrons. The lowest BCUT2D eigenvalue weighted by Gasteiger charge is -2.17. The van der Waals surface area contributed by atoms with Crippen LogP contribution < -0.4 is 5.32 Å². The van der Waals surface area contributed by atoms with Crippen LogP contribution >= 0.6 is 0 Å². The number of benzene rings is 1. The fourth-order valence-electron chi connectivity index (χ4n) is 1.92. The van der Waals surface area contributed by atoms with Gasteiger partial charge in [0.15, 0.2) is 0 Å². The maximum atomic E-state index is 12.5. The van der Waals surface area contributed by atoms with Crippen LogP contribution in [0.15, 0.2) is 42.6 Å². The SMILES string of the molecule is CC(C)(C)c1ccc(C(=O)Nc2ccc(C(F)(F)F)cc2)cn1. The van der Waals surface area contributed by atoms with Gasteiger partial charge in [-0.3, -0.25) is 9.78 Å². The van der Waals surface area contributed by atoms with Crippen molar-refractivity contribution in [2.75, 3.05) is 5.32 Å². The van der Waals surface area contributed by atoms with E-state index in [1.807, 2.05) is 20.8 Å². The topological polar surface area (TPSA) is 42.0 Å². The molecule has 0 radical (unpaired) electrons. The van der Waals surface area contributed by atoms with E-state index in [1.165, 1.54) is 18.3 Å². The molecule has 0 spiro atoms. The Bertz CT molecular complexity index is 684. The van der Waals surface area contributed by atoms with Gasteiger partial charge in [0.1, 0.15) is 0 Å². The van der Waals surface area contributed by atoms with E-state index in [0.717, 1.165) is 17.8 Å². The monoisotopic (exact) mass is 322 g/mol. The molecule has 0 bridgehead atoms. The molecule has 23 heavy (non-hydrogen) atoms. The molecule has 0 saturated carbocycles. The Balaban J connectivity index is 2.10. The molecule has 6 heteroatoms. The molecule has 2 rings (SSSR count). The molecule has 1 aromatic carbocycles. The standard InChI is InChI=1S/C17H17F3N2O/c1-16(2,3)14-9-4-11(10-21-14)15(23)22-13-7-5-12(6-8-13)17(18,19)20/h4-10H,1-3H3,(H,22,23). The van der Waals surface area contributed by atoms with Crippen molar-refractivity contribution < 1.29 is 18.0 Å². The first-order chi connectivity index (χ1) is 10.6. The zero-order valence-electron chi connectivity index (χ0n) is 13.0. The van der Waals surface area contributed by atoms with Crippen molar-refractivity contribution in [1.82, 2.24) is 4.98 Å². The van der Waals surface area contributed by atoms with Crippen LogP contribution in [0.4, 0.5) is 18.9 Å². The second kappa shape index (κ2) is 6.02. The Morgan fingerprint density at radius 3 is 2.04 bits per heavy atom. The number of carbonyl (C=O) groups excluding carboxylic acids is 1. The van der Waals surface area contributed by atoms with Gasteiger partial charge in [-0.25, -0.2) is 0 Å². The molecule has 0 fully saturated rings. The lowest BCUT2D eigenvalue weighted by atomic mass is 9.91. The number of nitrogens with zero attached hydrogens (tertiary/aromatic N) is 1. The maximum Gasteiger partial charge on any atom is 0.416 e. The normalized spacial score (nSPS) is 12.1. The van der Waals surface area contributed by atoms with Gasteiger partial charge in [0.2, 0.25) is 0 Å². The van der Waals surface area contributed by atoms with E-state index in [2.05, 4.69) is 10.3 Å². The second-order valence-corrected chi connectivity index (χ2v) is 6.21. The first-order valence-electron chi connectivity index (χ1n) is 7.02. The number of carbonyl (C=O) groups is 1. The highest BCUT2D eigenvalue weighted by Crippen LogP contribution is 2.29.